The molecule has 0 N–H and O–H groups in total. The largest absolute Gasteiger partial charge is 0.423 e. The molecule has 0 saturated carbocycles. The summed E-state index contributed by atoms with van der Waals surface area (Å²) in [4.78, 5) is 12.5. The van der Waals surface area contributed by atoms with E-state index in [1.165, 1.54) is 18.4 Å². The molecule has 0 spiro atoms. The third-order valence-corrected chi connectivity index (χ3v) is 6.74. The highest BCUT2D eigenvalue weighted by Gasteiger charge is 2.32. The molecule has 1 saturated heterocycles. The Labute approximate surface area is 224 Å². The topological polar surface area (TPSA) is 38.8 Å². The number of esters is 1. The average Bonchev–Trinajstić information content (AvgIpc) is 3.74. The van der Waals surface area contributed by atoms with Crippen LogP contribution in [0.3, 0.4) is 0 Å². The lowest BCUT2D eigenvalue weighted by Crippen LogP contribution is -2.14. The van der Waals surface area contributed by atoms with Crippen LogP contribution in [0, 0.1) is 23.3 Å². The molecule has 0 amide bonds. The maximum atomic E-state index is 14.9. The summed E-state index contributed by atoms with van der Waals surface area (Å²) >= 11 is 0. The smallest absolute Gasteiger partial charge is 0.349 e. The first-order valence-electron chi connectivity index (χ1n) is 12.9. The van der Waals surface area contributed by atoms with Crippen LogP contribution in [0.25, 0.3) is 22.3 Å². The monoisotopic (exact) mass is 534 g/mol. The van der Waals surface area contributed by atoms with E-state index in [4.69, 9.17) is 9.47 Å². The number of ether oxygens (including phenoxy) is 2. The van der Waals surface area contributed by atoms with Crippen molar-refractivity contribution in [2.24, 2.45) is 0 Å². The van der Waals surface area contributed by atoms with Crippen molar-refractivity contribution in [1.82, 2.24) is 0 Å². The van der Waals surface area contributed by atoms with Crippen LogP contribution < -0.4 is 4.74 Å². The van der Waals surface area contributed by atoms with Crippen LogP contribution in [-0.4, -0.2) is 12.6 Å². The number of halogens is 4. The SMILES string of the molecule is CCCCCc1ccc(-c2ccc(-c3cc(F)c(C(=O)Oc4cc(F)c(C5CO5)c(F)c4)c(F)c3)cc2)cc1. The van der Waals surface area contributed by atoms with Crippen LogP contribution in [0.15, 0.2) is 72.8 Å². The van der Waals surface area contributed by atoms with Crippen molar-refractivity contribution in [3.05, 3.63) is 113 Å². The number of carbonyl (C=O) groups excluding carboxylic acids is 1. The molecule has 7 heteroatoms. The van der Waals surface area contributed by atoms with Crippen molar-refractivity contribution in [2.75, 3.05) is 6.61 Å². The molecule has 1 heterocycles. The molecule has 39 heavy (non-hydrogen) atoms. The number of hydrogen-bond acceptors (Lipinski definition) is 3. The summed E-state index contributed by atoms with van der Waals surface area (Å²) in [7, 11) is 0. The summed E-state index contributed by atoms with van der Waals surface area (Å²) < 4.78 is 67.9. The third kappa shape index (κ3) is 6.04. The number of carbonyl (C=O) groups is 1. The third-order valence-electron chi connectivity index (χ3n) is 6.74. The number of aryl methyl sites for hydroxylation is 1. The number of benzene rings is 4. The van der Waals surface area contributed by atoms with Crippen molar-refractivity contribution < 1.29 is 31.8 Å². The Kier molecular flexibility index (Phi) is 7.79. The van der Waals surface area contributed by atoms with Crippen LogP contribution in [-0.2, 0) is 11.2 Å². The van der Waals surface area contributed by atoms with Gasteiger partial charge in [0.1, 0.15) is 40.7 Å². The summed E-state index contributed by atoms with van der Waals surface area (Å²) in [6.07, 6.45) is 3.90. The normalized spacial score (nSPS) is 14.3. The average molecular weight is 535 g/mol. The van der Waals surface area contributed by atoms with E-state index in [0.717, 1.165) is 48.2 Å². The van der Waals surface area contributed by atoms with Crippen molar-refractivity contribution in [1.29, 1.82) is 0 Å². The summed E-state index contributed by atoms with van der Waals surface area (Å²) in [5.74, 6) is -6.15. The zero-order valence-corrected chi connectivity index (χ0v) is 21.3. The molecule has 0 aliphatic carbocycles. The highest BCUT2D eigenvalue weighted by molar-refractivity contribution is 5.92. The van der Waals surface area contributed by atoms with Crippen molar-refractivity contribution >= 4 is 5.97 Å². The fourth-order valence-electron chi connectivity index (χ4n) is 4.53. The lowest BCUT2D eigenvalue weighted by molar-refractivity contribution is 0.0723. The van der Waals surface area contributed by atoms with Crippen LogP contribution in [0.4, 0.5) is 17.6 Å². The highest BCUT2D eigenvalue weighted by Crippen LogP contribution is 2.36. The predicted octanol–water partition coefficient (Wildman–Crippen LogP) is 8.60. The van der Waals surface area contributed by atoms with Crippen LogP contribution in [0.1, 0.15) is 53.8 Å². The lowest BCUT2D eigenvalue weighted by atomic mass is 9.98. The second kappa shape index (κ2) is 11.4. The van der Waals surface area contributed by atoms with Gasteiger partial charge >= 0.3 is 5.97 Å². The van der Waals surface area contributed by atoms with Crippen molar-refractivity contribution in [3.8, 4) is 28.0 Å². The fourth-order valence-corrected chi connectivity index (χ4v) is 4.53. The first-order chi connectivity index (χ1) is 18.8. The molecule has 4 aromatic carbocycles. The van der Waals surface area contributed by atoms with Gasteiger partial charge in [-0.1, -0.05) is 68.3 Å². The van der Waals surface area contributed by atoms with Gasteiger partial charge in [-0.25, -0.2) is 22.4 Å². The summed E-state index contributed by atoms with van der Waals surface area (Å²) in [5.41, 5.74) is 2.82. The van der Waals surface area contributed by atoms with Gasteiger partial charge in [-0.05, 0) is 52.8 Å². The predicted molar refractivity (Wildman–Crippen MR) is 140 cm³/mol. The van der Waals surface area contributed by atoms with Gasteiger partial charge in [0.25, 0.3) is 0 Å². The molecule has 0 bridgehead atoms. The Bertz CT molecular complexity index is 1450. The minimum absolute atomic E-state index is 0.185. The Morgan fingerprint density at radius 3 is 1.79 bits per heavy atom. The van der Waals surface area contributed by atoms with Gasteiger partial charge in [0.15, 0.2) is 0 Å². The van der Waals surface area contributed by atoms with E-state index >= 15 is 0 Å². The van der Waals surface area contributed by atoms with Gasteiger partial charge in [0.05, 0.1) is 12.2 Å². The zero-order valence-electron chi connectivity index (χ0n) is 21.3. The number of hydrogen-bond donors (Lipinski definition) is 0. The number of rotatable bonds is 9. The molecule has 1 aliphatic heterocycles. The maximum Gasteiger partial charge on any atom is 0.349 e. The van der Waals surface area contributed by atoms with Crippen LogP contribution in [0.2, 0.25) is 0 Å². The van der Waals surface area contributed by atoms with E-state index in [9.17, 15) is 22.4 Å². The standard InChI is InChI=1S/C32H26F4O3/c1-2-3-4-5-19-6-8-20(9-7-19)21-10-12-22(13-11-21)23-14-25(33)31(26(34)15-23)32(37)39-24-16-27(35)30(28(36)17-24)29-18-38-29/h6-17,29H,2-5,18H2,1H3. The van der Waals surface area contributed by atoms with Crippen LogP contribution in [0.5, 0.6) is 5.75 Å². The Morgan fingerprint density at radius 2 is 1.28 bits per heavy atom. The molecule has 3 nitrogen and oxygen atoms in total. The van der Waals surface area contributed by atoms with E-state index in [1.54, 1.807) is 12.1 Å². The molecule has 1 aliphatic rings. The summed E-state index contributed by atoms with van der Waals surface area (Å²) in [6.45, 7) is 2.36. The van der Waals surface area contributed by atoms with Crippen molar-refractivity contribution in [3.63, 3.8) is 0 Å². The molecule has 200 valence electrons. The first kappa shape index (κ1) is 26.6. The first-order valence-corrected chi connectivity index (χ1v) is 12.9. The van der Waals surface area contributed by atoms with E-state index in [1.807, 2.05) is 12.1 Å². The minimum Gasteiger partial charge on any atom is -0.423 e. The van der Waals surface area contributed by atoms with Gasteiger partial charge in [-0.3, -0.25) is 0 Å². The maximum absolute atomic E-state index is 14.9. The molecule has 0 aromatic heterocycles. The lowest BCUT2D eigenvalue weighted by Gasteiger charge is -2.11. The van der Waals surface area contributed by atoms with Crippen molar-refractivity contribution in [2.45, 2.75) is 38.7 Å². The minimum atomic E-state index is -1.40. The fraction of sp³-hybridized carbons (Fsp3) is 0.219. The number of epoxide rings is 1. The second-order valence-electron chi connectivity index (χ2n) is 9.56. The zero-order chi connectivity index (χ0) is 27.5. The molecule has 4 aromatic rings. The quantitative estimate of drug-likeness (QED) is 0.0710. The van der Waals surface area contributed by atoms with Gasteiger partial charge in [-0.2, -0.15) is 0 Å². The number of unbranched alkanes of at least 4 members (excludes halogenated alkanes) is 2. The molecule has 5 rings (SSSR count). The highest BCUT2D eigenvalue weighted by atomic mass is 19.1. The molecule has 1 fully saturated rings. The Morgan fingerprint density at radius 1 is 0.769 bits per heavy atom. The Balaban J connectivity index is 1.30. The van der Waals surface area contributed by atoms with Gasteiger partial charge in [0, 0.05) is 12.1 Å². The Hall–Kier alpha value is -3.97. The molecular formula is C32H26F4O3. The van der Waals surface area contributed by atoms with E-state index in [-0.39, 0.29) is 17.7 Å². The summed E-state index contributed by atoms with van der Waals surface area (Å²) in [6, 6.07) is 19.1. The molecule has 0 radical (unpaired) electrons. The molecule has 1 atom stereocenters. The van der Waals surface area contributed by atoms with Crippen LogP contribution >= 0.6 is 0 Å². The van der Waals surface area contributed by atoms with Gasteiger partial charge in [0.2, 0.25) is 0 Å². The molecular weight excluding hydrogens is 508 g/mol. The summed E-state index contributed by atoms with van der Waals surface area (Å²) in [5, 5.41) is 0. The van der Waals surface area contributed by atoms with E-state index in [2.05, 4.69) is 31.2 Å². The van der Waals surface area contributed by atoms with E-state index < -0.39 is 46.7 Å². The van der Waals surface area contributed by atoms with E-state index in [0.29, 0.717) is 5.56 Å². The second-order valence-corrected chi connectivity index (χ2v) is 9.56. The van der Waals surface area contributed by atoms with Gasteiger partial charge < -0.3 is 9.47 Å². The molecule has 1 unspecified atom stereocenters. The van der Waals surface area contributed by atoms with Gasteiger partial charge in [-0.15, -0.1) is 0 Å².